The first-order valence-electron chi connectivity index (χ1n) is 12.5. The molecule has 3 rings (SSSR count). The number of carbonyl (C=O) groups excluding carboxylic acids is 1. The molecule has 1 heterocycles. The SMILES string of the molecule is CCn1nc(C(=O)NC[C@]2(C(=O)O)CC[C@@H](S(C)(=O)=O)CC2)c(Cl)c1-c1ccc(N[C@H](C)C(F)(F)F)cc1OC. The number of carboxylic acids is 1. The van der Waals surface area contributed by atoms with E-state index in [9.17, 15) is 36.3 Å². The largest absolute Gasteiger partial charge is 0.496 e. The van der Waals surface area contributed by atoms with Gasteiger partial charge in [-0.3, -0.25) is 14.3 Å². The van der Waals surface area contributed by atoms with Gasteiger partial charge in [-0.25, -0.2) is 8.42 Å². The van der Waals surface area contributed by atoms with Gasteiger partial charge in [0, 0.05) is 36.7 Å². The van der Waals surface area contributed by atoms with Gasteiger partial charge in [-0.05, 0) is 51.7 Å². The Bertz CT molecular complexity index is 1370. The number of sulfone groups is 1. The highest BCUT2D eigenvalue weighted by Crippen LogP contribution is 2.40. The van der Waals surface area contributed by atoms with E-state index in [1.807, 2.05) is 0 Å². The first-order valence-corrected chi connectivity index (χ1v) is 14.9. The number of aliphatic carboxylic acids is 1. The lowest BCUT2D eigenvalue weighted by atomic mass is 9.74. The number of carbonyl (C=O) groups is 2. The maximum absolute atomic E-state index is 13.1. The van der Waals surface area contributed by atoms with Gasteiger partial charge in [0.25, 0.3) is 5.91 Å². The molecule has 1 aliphatic carbocycles. The summed E-state index contributed by atoms with van der Waals surface area (Å²) in [7, 11) is -1.97. The zero-order valence-electron chi connectivity index (χ0n) is 22.4. The minimum absolute atomic E-state index is 0.0489. The van der Waals surface area contributed by atoms with Gasteiger partial charge in [-0.1, -0.05) is 11.6 Å². The Kier molecular flexibility index (Phi) is 9.34. The monoisotopic (exact) mass is 608 g/mol. The fourth-order valence-electron chi connectivity index (χ4n) is 4.75. The molecular formula is C25H32ClF3N4O6S. The molecule has 3 N–H and O–H groups in total. The van der Waals surface area contributed by atoms with E-state index >= 15 is 0 Å². The highest BCUT2D eigenvalue weighted by atomic mass is 35.5. The Labute approximate surface area is 235 Å². The van der Waals surface area contributed by atoms with Crippen LogP contribution in [0, 0.1) is 5.41 Å². The van der Waals surface area contributed by atoms with Crippen LogP contribution in [0.4, 0.5) is 18.9 Å². The van der Waals surface area contributed by atoms with Crippen LogP contribution in [0.25, 0.3) is 11.3 Å². The number of amides is 1. The van der Waals surface area contributed by atoms with Crippen molar-refractivity contribution in [2.45, 2.75) is 63.5 Å². The molecule has 1 atom stereocenters. The molecule has 10 nitrogen and oxygen atoms in total. The fraction of sp³-hybridized carbons (Fsp3) is 0.560. The molecule has 2 aromatic rings. The van der Waals surface area contributed by atoms with Crippen LogP contribution in [0.3, 0.4) is 0 Å². The average Bonchev–Trinajstić information content (AvgIpc) is 3.22. The normalized spacial score (nSPS) is 20.6. The summed E-state index contributed by atoms with van der Waals surface area (Å²) in [6.07, 6.45) is -2.84. The van der Waals surface area contributed by atoms with Gasteiger partial charge >= 0.3 is 12.1 Å². The van der Waals surface area contributed by atoms with E-state index in [2.05, 4.69) is 15.7 Å². The Balaban J connectivity index is 1.86. The van der Waals surface area contributed by atoms with Crippen LogP contribution >= 0.6 is 11.6 Å². The molecule has 222 valence electrons. The highest BCUT2D eigenvalue weighted by molar-refractivity contribution is 7.91. The number of aromatic nitrogens is 2. The van der Waals surface area contributed by atoms with E-state index < -0.39 is 44.6 Å². The molecule has 40 heavy (non-hydrogen) atoms. The van der Waals surface area contributed by atoms with E-state index in [0.29, 0.717) is 11.3 Å². The van der Waals surface area contributed by atoms with Gasteiger partial charge < -0.3 is 20.5 Å². The number of benzene rings is 1. The van der Waals surface area contributed by atoms with E-state index in [1.165, 1.54) is 30.0 Å². The van der Waals surface area contributed by atoms with Crippen molar-refractivity contribution >= 4 is 39.0 Å². The third kappa shape index (κ3) is 6.65. The first-order chi connectivity index (χ1) is 18.5. The third-order valence-corrected chi connectivity index (χ3v) is 9.32. The van der Waals surface area contributed by atoms with E-state index in [4.69, 9.17) is 16.3 Å². The number of nitrogens with one attached hydrogen (secondary N) is 2. The van der Waals surface area contributed by atoms with Gasteiger partial charge in [-0.2, -0.15) is 18.3 Å². The van der Waals surface area contributed by atoms with Crippen LogP contribution in [-0.2, 0) is 21.2 Å². The molecule has 15 heteroatoms. The van der Waals surface area contributed by atoms with Gasteiger partial charge in [0.15, 0.2) is 5.69 Å². The van der Waals surface area contributed by atoms with Crippen molar-refractivity contribution in [2.24, 2.45) is 5.41 Å². The zero-order chi connectivity index (χ0) is 30.0. The summed E-state index contributed by atoms with van der Waals surface area (Å²) in [5, 5.41) is 18.5. The number of anilines is 1. The van der Waals surface area contributed by atoms with Gasteiger partial charge in [0.1, 0.15) is 21.6 Å². The minimum atomic E-state index is -4.45. The zero-order valence-corrected chi connectivity index (χ0v) is 24.0. The number of rotatable bonds is 10. The molecule has 1 saturated carbocycles. The van der Waals surface area contributed by atoms with Crippen LogP contribution in [0.1, 0.15) is 50.0 Å². The standard InChI is InChI=1S/C25H32ClF3N4O6S/c1-5-33-21(17-7-6-15(12-18(17)39-3)31-14(2)25(27,28)29)19(26)20(32-33)22(34)30-13-24(23(35)36)10-8-16(9-11-24)40(4,37)38/h6-7,12,14,16,31H,5,8-11,13H2,1-4H3,(H,30,34)(H,35,36)/t14-,16-,24+/m1/s1. The smallest absolute Gasteiger partial charge is 0.408 e. The molecule has 0 bridgehead atoms. The molecular weight excluding hydrogens is 577 g/mol. The number of alkyl halides is 3. The van der Waals surface area contributed by atoms with Crippen molar-refractivity contribution in [3.8, 4) is 17.0 Å². The molecule has 1 aliphatic rings. The number of halogens is 4. The summed E-state index contributed by atoms with van der Waals surface area (Å²) in [5.41, 5.74) is -0.667. The summed E-state index contributed by atoms with van der Waals surface area (Å²) in [4.78, 5) is 25.3. The molecule has 0 spiro atoms. The Morgan fingerprint density at radius 1 is 1.30 bits per heavy atom. The third-order valence-electron chi connectivity index (χ3n) is 7.28. The lowest BCUT2D eigenvalue weighted by Crippen LogP contribution is -2.47. The highest BCUT2D eigenvalue weighted by Gasteiger charge is 2.44. The summed E-state index contributed by atoms with van der Waals surface area (Å²) < 4.78 is 69.6. The lowest BCUT2D eigenvalue weighted by molar-refractivity contribution is -0.150. The minimum Gasteiger partial charge on any atom is -0.496 e. The molecule has 0 aliphatic heterocycles. The Morgan fingerprint density at radius 2 is 1.93 bits per heavy atom. The molecule has 1 aromatic heterocycles. The quantitative estimate of drug-likeness (QED) is 0.361. The number of nitrogens with zero attached hydrogens (tertiary/aromatic N) is 2. The number of hydrogen-bond acceptors (Lipinski definition) is 7. The van der Waals surface area contributed by atoms with Crippen molar-refractivity contribution in [1.29, 1.82) is 0 Å². The second kappa shape index (κ2) is 11.9. The second-order valence-corrected chi connectivity index (χ2v) is 12.7. The topological polar surface area (TPSA) is 140 Å². The average molecular weight is 609 g/mol. The van der Waals surface area contributed by atoms with Crippen molar-refractivity contribution in [2.75, 3.05) is 25.2 Å². The molecule has 1 amide bonds. The summed E-state index contributed by atoms with van der Waals surface area (Å²) in [6, 6.07) is 2.50. The maximum atomic E-state index is 13.1. The van der Waals surface area contributed by atoms with E-state index in [0.717, 1.165) is 13.2 Å². The van der Waals surface area contributed by atoms with Crippen LogP contribution in [0.5, 0.6) is 5.75 Å². The van der Waals surface area contributed by atoms with Crippen LogP contribution in [-0.4, -0.2) is 72.6 Å². The predicted octanol–water partition coefficient (Wildman–Crippen LogP) is 4.38. The van der Waals surface area contributed by atoms with Crippen LogP contribution in [0.2, 0.25) is 5.02 Å². The number of methoxy groups -OCH3 is 1. The molecule has 1 fully saturated rings. The summed E-state index contributed by atoms with van der Waals surface area (Å²) in [6.45, 7) is 2.77. The fourth-order valence-corrected chi connectivity index (χ4v) is 6.17. The number of hydrogen-bond donors (Lipinski definition) is 3. The van der Waals surface area contributed by atoms with E-state index in [-0.39, 0.29) is 60.9 Å². The second-order valence-electron chi connectivity index (χ2n) is 9.95. The van der Waals surface area contributed by atoms with Crippen molar-refractivity contribution in [3.63, 3.8) is 0 Å². The Morgan fingerprint density at radius 3 is 2.42 bits per heavy atom. The van der Waals surface area contributed by atoms with Crippen molar-refractivity contribution < 1.29 is 41.0 Å². The van der Waals surface area contributed by atoms with Gasteiger partial charge in [0.05, 0.1) is 28.5 Å². The summed E-state index contributed by atoms with van der Waals surface area (Å²) in [5.74, 6) is -1.67. The van der Waals surface area contributed by atoms with E-state index in [1.54, 1.807) is 6.92 Å². The number of carboxylic acid groups (broad SMARTS) is 1. The van der Waals surface area contributed by atoms with Gasteiger partial charge in [-0.15, -0.1) is 0 Å². The molecule has 0 saturated heterocycles. The predicted molar refractivity (Wildman–Crippen MR) is 144 cm³/mol. The molecule has 0 radical (unpaired) electrons. The van der Waals surface area contributed by atoms with Gasteiger partial charge in [0.2, 0.25) is 0 Å². The van der Waals surface area contributed by atoms with Crippen LogP contribution < -0.4 is 15.4 Å². The summed E-state index contributed by atoms with van der Waals surface area (Å²) >= 11 is 6.59. The maximum Gasteiger partial charge on any atom is 0.408 e. The van der Waals surface area contributed by atoms with Crippen molar-refractivity contribution in [1.82, 2.24) is 15.1 Å². The lowest BCUT2D eigenvalue weighted by Gasteiger charge is -2.36. The van der Waals surface area contributed by atoms with Crippen molar-refractivity contribution in [3.05, 3.63) is 28.9 Å². The van der Waals surface area contributed by atoms with Crippen LogP contribution in [0.15, 0.2) is 18.2 Å². The number of aryl methyl sites for hydroxylation is 1. The number of ether oxygens (including phenoxy) is 1. The molecule has 1 aromatic carbocycles. The first kappa shape index (κ1) is 31.5. The Hall–Kier alpha value is -3.00. The molecule has 0 unspecified atom stereocenters.